The molecule has 0 N–H and O–H groups in total. The van der Waals surface area contributed by atoms with Crippen molar-refractivity contribution in [2.24, 2.45) is 29.6 Å². The Balaban J connectivity index is 1.41. The summed E-state index contributed by atoms with van der Waals surface area (Å²) in [7, 11) is 0. The van der Waals surface area contributed by atoms with Gasteiger partial charge in [0, 0.05) is 0 Å². The molecule has 6 atom stereocenters. The lowest BCUT2D eigenvalue weighted by Gasteiger charge is -2.51. The summed E-state index contributed by atoms with van der Waals surface area (Å²) in [5.74, 6) is 3.33. The van der Waals surface area contributed by atoms with E-state index in [1.807, 2.05) is 0 Å². The van der Waals surface area contributed by atoms with Crippen LogP contribution in [0.5, 0.6) is 0 Å². The summed E-state index contributed by atoms with van der Waals surface area (Å²) in [6.07, 6.45) is 14.8. The first-order valence-corrected chi connectivity index (χ1v) is 11.2. The zero-order valence-corrected chi connectivity index (χ0v) is 16.9. The maximum absolute atomic E-state index is 13.9. The molecule has 1 aromatic carbocycles. The maximum Gasteiger partial charge on any atom is 0.145 e. The Hall–Kier alpha value is -0.890. The third-order valence-corrected chi connectivity index (χ3v) is 8.27. The highest BCUT2D eigenvalue weighted by atomic mass is 35.5. The Morgan fingerprint density at radius 3 is 2.22 bits per heavy atom. The van der Waals surface area contributed by atoms with E-state index in [1.165, 1.54) is 57.1 Å². The Kier molecular flexibility index (Phi) is 5.92. The number of fused-ring (bicyclic) bond motifs is 3. The summed E-state index contributed by atoms with van der Waals surface area (Å²) in [4.78, 5) is 0. The first-order valence-electron chi connectivity index (χ1n) is 10.8. The molecule has 0 amide bonds. The van der Waals surface area contributed by atoms with Crippen molar-refractivity contribution >= 4 is 11.6 Å². The smallest absolute Gasteiger partial charge is 0.145 e. The monoisotopic (exact) mass is 392 g/mol. The normalized spacial score (nSPS) is 36.0. The molecule has 0 aliphatic heterocycles. The third-order valence-electron chi connectivity index (χ3n) is 7.91. The summed E-state index contributed by atoms with van der Waals surface area (Å²) < 4.78 is 27.8. The highest BCUT2D eigenvalue weighted by Gasteiger charge is 2.44. The van der Waals surface area contributed by atoms with Gasteiger partial charge < -0.3 is 0 Å². The minimum atomic E-state index is -0.615. The lowest BCUT2D eigenvalue weighted by molar-refractivity contribution is 0.00562. The van der Waals surface area contributed by atoms with Crippen LogP contribution in [0.25, 0.3) is 0 Å². The summed E-state index contributed by atoms with van der Waals surface area (Å²) >= 11 is 5.66. The fraction of sp³-hybridized carbons (Fsp3) is 0.667. The van der Waals surface area contributed by atoms with Crippen molar-refractivity contribution in [3.8, 4) is 0 Å². The molecule has 148 valence electrons. The van der Waals surface area contributed by atoms with E-state index in [1.54, 1.807) is 0 Å². The quantitative estimate of drug-likeness (QED) is 0.360. The van der Waals surface area contributed by atoms with Gasteiger partial charge in [-0.3, -0.25) is 0 Å². The standard InChI is InChI=1S/C24H31ClF2/c1-2-3-4-15-5-9-20-17(11-15)6-7-18-12-16(8-10-21(18)20)19-13-22(26)24(25)23(27)14-19/h2,13-18,20-21H,1,3-12H2. The molecule has 0 bridgehead atoms. The van der Waals surface area contributed by atoms with Crippen molar-refractivity contribution in [3.63, 3.8) is 0 Å². The van der Waals surface area contributed by atoms with Crippen molar-refractivity contribution in [1.29, 1.82) is 0 Å². The van der Waals surface area contributed by atoms with Crippen LogP contribution in [0.1, 0.15) is 75.7 Å². The number of hydrogen-bond acceptors (Lipinski definition) is 0. The molecule has 0 spiro atoms. The number of halogens is 3. The van der Waals surface area contributed by atoms with Crippen LogP contribution < -0.4 is 0 Å². The molecule has 3 aliphatic carbocycles. The van der Waals surface area contributed by atoms with Crippen LogP contribution in [0.4, 0.5) is 8.78 Å². The fourth-order valence-electron chi connectivity index (χ4n) is 6.62. The van der Waals surface area contributed by atoms with E-state index in [-0.39, 0.29) is 10.9 Å². The average Bonchev–Trinajstić information content (AvgIpc) is 2.69. The molecular formula is C24H31ClF2. The molecule has 27 heavy (non-hydrogen) atoms. The van der Waals surface area contributed by atoms with Gasteiger partial charge in [-0.25, -0.2) is 8.78 Å². The van der Waals surface area contributed by atoms with E-state index in [2.05, 4.69) is 12.7 Å². The zero-order chi connectivity index (χ0) is 19.0. The van der Waals surface area contributed by atoms with Gasteiger partial charge >= 0.3 is 0 Å². The summed E-state index contributed by atoms with van der Waals surface area (Å²) in [6, 6.07) is 2.93. The Labute approximate surface area is 167 Å². The molecule has 3 aliphatic rings. The number of allylic oxidation sites excluding steroid dienone is 1. The van der Waals surface area contributed by atoms with Gasteiger partial charge in [-0.05, 0) is 111 Å². The maximum atomic E-state index is 13.9. The number of rotatable bonds is 4. The number of benzene rings is 1. The molecule has 0 radical (unpaired) electrons. The largest absolute Gasteiger partial charge is 0.205 e. The molecule has 3 fully saturated rings. The summed E-state index contributed by atoms with van der Waals surface area (Å²) in [6.45, 7) is 3.87. The average molecular weight is 393 g/mol. The van der Waals surface area contributed by atoms with Crippen molar-refractivity contribution in [3.05, 3.63) is 47.0 Å². The first kappa shape index (κ1) is 19.4. The molecule has 1 aromatic rings. The van der Waals surface area contributed by atoms with Crippen molar-refractivity contribution in [1.82, 2.24) is 0 Å². The Bertz CT molecular complexity index is 662. The van der Waals surface area contributed by atoms with E-state index < -0.39 is 11.6 Å². The third kappa shape index (κ3) is 3.97. The summed E-state index contributed by atoms with van der Waals surface area (Å²) in [5.41, 5.74) is 0.808. The topological polar surface area (TPSA) is 0 Å². The molecule has 0 saturated heterocycles. The van der Waals surface area contributed by atoms with Crippen LogP contribution in [-0.2, 0) is 0 Å². The SMILES string of the molecule is C=CCCC1CCC2C(CCC3CC(c4cc(F)c(Cl)c(F)c4)CCC32)C1. The second-order valence-corrected chi connectivity index (χ2v) is 9.66. The van der Waals surface area contributed by atoms with Gasteiger partial charge in [0.2, 0.25) is 0 Å². The predicted octanol–water partition coefficient (Wildman–Crippen LogP) is 7.91. The fourth-order valence-corrected chi connectivity index (χ4v) is 6.73. The number of hydrogen-bond donors (Lipinski definition) is 0. The van der Waals surface area contributed by atoms with Gasteiger partial charge in [-0.2, -0.15) is 0 Å². The van der Waals surface area contributed by atoms with Crippen molar-refractivity contribution in [2.45, 2.75) is 70.1 Å². The van der Waals surface area contributed by atoms with Gasteiger partial charge in [0.15, 0.2) is 0 Å². The Morgan fingerprint density at radius 1 is 0.926 bits per heavy atom. The van der Waals surface area contributed by atoms with Gasteiger partial charge in [-0.15, -0.1) is 6.58 Å². The molecule has 0 heterocycles. The molecule has 3 heteroatoms. The molecule has 0 aromatic heterocycles. The van der Waals surface area contributed by atoms with Gasteiger partial charge in [0.05, 0.1) is 0 Å². The van der Waals surface area contributed by atoms with E-state index in [4.69, 9.17) is 11.6 Å². The molecule has 0 nitrogen and oxygen atoms in total. The van der Waals surface area contributed by atoms with Crippen LogP contribution in [0, 0.1) is 41.2 Å². The highest BCUT2D eigenvalue weighted by Crippen LogP contribution is 2.55. The van der Waals surface area contributed by atoms with Crippen molar-refractivity contribution < 1.29 is 8.78 Å². The van der Waals surface area contributed by atoms with E-state index in [0.29, 0.717) is 0 Å². The van der Waals surface area contributed by atoms with E-state index in [9.17, 15) is 8.78 Å². The zero-order valence-electron chi connectivity index (χ0n) is 16.1. The van der Waals surface area contributed by atoms with Gasteiger partial charge in [0.1, 0.15) is 16.7 Å². The molecule has 6 unspecified atom stereocenters. The predicted molar refractivity (Wildman–Crippen MR) is 108 cm³/mol. The molecular weight excluding hydrogens is 362 g/mol. The van der Waals surface area contributed by atoms with Crippen LogP contribution in [0.15, 0.2) is 24.8 Å². The van der Waals surface area contributed by atoms with E-state index >= 15 is 0 Å². The molecule has 4 rings (SSSR count). The van der Waals surface area contributed by atoms with Crippen LogP contribution >= 0.6 is 11.6 Å². The Morgan fingerprint density at radius 2 is 1.56 bits per heavy atom. The minimum absolute atomic E-state index is 0.285. The van der Waals surface area contributed by atoms with E-state index in [0.717, 1.165) is 54.4 Å². The van der Waals surface area contributed by atoms with Crippen LogP contribution in [0.2, 0.25) is 5.02 Å². The lowest BCUT2D eigenvalue weighted by Crippen LogP contribution is -2.41. The summed E-state index contributed by atoms with van der Waals surface area (Å²) in [5, 5.41) is -0.374. The highest BCUT2D eigenvalue weighted by molar-refractivity contribution is 6.30. The van der Waals surface area contributed by atoms with Crippen LogP contribution in [-0.4, -0.2) is 0 Å². The lowest BCUT2D eigenvalue weighted by atomic mass is 9.55. The second-order valence-electron chi connectivity index (χ2n) is 9.28. The minimum Gasteiger partial charge on any atom is -0.205 e. The van der Waals surface area contributed by atoms with Gasteiger partial charge in [0.25, 0.3) is 0 Å². The van der Waals surface area contributed by atoms with Gasteiger partial charge in [-0.1, -0.05) is 24.1 Å². The molecule has 3 saturated carbocycles. The van der Waals surface area contributed by atoms with Crippen LogP contribution in [0.3, 0.4) is 0 Å². The first-order chi connectivity index (χ1) is 13.1. The van der Waals surface area contributed by atoms with Crippen molar-refractivity contribution in [2.75, 3.05) is 0 Å². The second kappa shape index (κ2) is 8.23.